The zero-order valence-electron chi connectivity index (χ0n) is 19.8. The van der Waals surface area contributed by atoms with E-state index in [9.17, 15) is 23.4 Å². The number of aliphatic hydroxyl groups is 1. The lowest BCUT2D eigenvalue weighted by Gasteiger charge is -2.38. The Morgan fingerprint density at radius 1 is 1.31 bits per heavy atom. The topological polar surface area (TPSA) is 186 Å². The smallest absolute Gasteiger partial charge is 0.322 e. The highest BCUT2D eigenvalue weighted by molar-refractivity contribution is 7.98. The molecule has 4 rings (SSSR count). The number of nitrogen functional groups attached to an aromatic ring is 1. The lowest BCUT2D eigenvalue weighted by molar-refractivity contribution is -0.143. The number of hydrogen-bond donors (Lipinski definition) is 5. The van der Waals surface area contributed by atoms with E-state index >= 15 is 0 Å². The maximum absolute atomic E-state index is 13.3. The highest BCUT2D eigenvalue weighted by Crippen LogP contribution is 2.42. The van der Waals surface area contributed by atoms with Crippen molar-refractivity contribution in [1.29, 1.82) is 5.41 Å². The Kier molecular flexibility index (Phi) is 7.90. The van der Waals surface area contributed by atoms with Gasteiger partial charge in [-0.2, -0.15) is 22.1 Å². The van der Waals surface area contributed by atoms with Crippen LogP contribution in [0.25, 0.3) is 0 Å². The molecule has 3 heterocycles. The molecular formula is C22H30N6O6S2. The molecule has 0 spiro atoms. The fourth-order valence-corrected chi connectivity index (χ4v) is 7.49. The molecule has 36 heavy (non-hydrogen) atoms. The molecule has 0 aliphatic carbocycles. The average molecular weight is 539 g/mol. The van der Waals surface area contributed by atoms with Crippen molar-refractivity contribution < 1.29 is 28.2 Å². The van der Waals surface area contributed by atoms with Crippen molar-refractivity contribution in [3.05, 3.63) is 41.1 Å². The molecule has 2 saturated heterocycles. The molecule has 3 atom stereocenters. The summed E-state index contributed by atoms with van der Waals surface area (Å²) >= 11 is 1.42. The van der Waals surface area contributed by atoms with Crippen molar-refractivity contribution in [1.82, 2.24) is 18.8 Å². The quantitative estimate of drug-likeness (QED) is 0.176. The van der Waals surface area contributed by atoms with Gasteiger partial charge >= 0.3 is 5.97 Å². The summed E-state index contributed by atoms with van der Waals surface area (Å²) in [6.45, 7) is 0.180. The molecule has 2 aliphatic heterocycles. The highest BCUT2D eigenvalue weighted by atomic mass is 32.2. The molecule has 196 valence electrons. The van der Waals surface area contributed by atoms with Crippen LogP contribution >= 0.6 is 11.8 Å². The molecule has 0 bridgehead atoms. The zero-order chi connectivity index (χ0) is 26.0. The summed E-state index contributed by atoms with van der Waals surface area (Å²) in [6, 6.07) is 5.92. The van der Waals surface area contributed by atoms with E-state index in [1.165, 1.54) is 18.9 Å². The van der Waals surface area contributed by atoms with Gasteiger partial charge < -0.3 is 20.7 Å². The van der Waals surface area contributed by atoms with Crippen molar-refractivity contribution >= 4 is 33.8 Å². The normalized spacial score (nSPS) is 23.6. The number of nitrogens with two attached hydrogens (primary N) is 1. The van der Waals surface area contributed by atoms with Crippen LogP contribution in [0.15, 0.2) is 29.3 Å². The van der Waals surface area contributed by atoms with E-state index < -0.39 is 34.2 Å². The van der Waals surface area contributed by atoms with Crippen LogP contribution in [0.4, 0.5) is 0 Å². The van der Waals surface area contributed by atoms with E-state index in [4.69, 9.17) is 15.9 Å². The average Bonchev–Trinajstić information content (AvgIpc) is 3.48. The molecule has 12 nitrogen and oxygen atoms in total. The Morgan fingerprint density at radius 2 is 2.03 bits per heavy atom. The second kappa shape index (κ2) is 10.8. The van der Waals surface area contributed by atoms with Gasteiger partial charge in [-0.3, -0.25) is 15.3 Å². The molecule has 6 N–H and O–H groups in total. The molecule has 0 amide bonds. The number of β-amino-alcohol motifs (C(OH)–C–C–N with tert-alkyl or cyclic N) is 1. The monoisotopic (exact) mass is 538 g/mol. The summed E-state index contributed by atoms with van der Waals surface area (Å²) in [5.74, 6) is -1.03. The summed E-state index contributed by atoms with van der Waals surface area (Å²) in [4.78, 5) is 12.4. The van der Waals surface area contributed by atoms with Gasteiger partial charge in [-0.25, -0.2) is 0 Å². The van der Waals surface area contributed by atoms with Crippen LogP contribution in [-0.4, -0.2) is 88.1 Å². The largest absolute Gasteiger partial charge is 0.492 e. The predicted molar refractivity (Wildman–Crippen MR) is 133 cm³/mol. The number of ether oxygens (including phenoxy) is 1. The standard InChI is InChI=1S/C22H30N6O6S2/c1-34-19-17(25-26-21(19)35-12-13-4-6-14(7-5-13)20(23)24)16-3-2-9-28(18(16)22(30)31)36(32,33)27-10-8-15(29)11-27/h4-7,15-16,18,29H,2-3,8-12H2,1H3,(H3,23,24)(H,25,26)(H,30,31). The minimum absolute atomic E-state index is 0.00786. The zero-order valence-corrected chi connectivity index (χ0v) is 21.4. The molecule has 2 fully saturated rings. The maximum atomic E-state index is 13.3. The Hall–Kier alpha value is -2.65. The van der Waals surface area contributed by atoms with Crippen molar-refractivity contribution in [2.45, 2.75) is 48.1 Å². The number of carboxylic acid groups (broad SMARTS) is 1. The number of carboxylic acids is 1. The predicted octanol–water partition coefficient (Wildman–Crippen LogP) is 0.939. The molecule has 0 radical (unpaired) electrons. The van der Waals surface area contributed by atoms with E-state index in [-0.39, 0.29) is 25.5 Å². The van der Waals surface area contributed by atoms with Gasteiger partial charge in [-0.05, 0) is 24.8 Å². The highest BCUT2D eigenvalue weighted by Gasteiger charge is 2.48. The summed E-state index contributed by atoms with van der Waals surface area (Å²) in [5, 5.41) is 35.3. The van der Waals surface area contributed by atoms with E-state index in [0.29, 0.717) is 47.0 Å². The lowest BCUT2D eigenvalue weighted by atomic mass is 9.87. The Bertz CT molecular complexity index is 1220. The summed E-state index contributed by atoms with van der Waals surface area (Å²) in [5.41, 5.74) is 7.49. The lowest BCUT2D eigenvalue weighted by Crippen LogP contribution is -2.55. The molecule has 3 unspecified atom stereocenters. The first-order chi connectivity index (χ1) is 17.1. The second-order valence-electron chi connectivity index (χ2n) is 8.82. The Morgan fingerprint density at radius 3 is 2.61 bits per heavy atom. The number of aromatic amines is 1. The number of benzene rings is 1. The summed E-state index contributed by atoms with van der Waals surface area (Å²) in [7, 11) is -2.61. The first-order valence-electron chi connectivity index (χ1n) is 11.5. The molecule has 2 aliphatic rings. The third-order valence-electron chi connectivity index (χ3n) is 6.51. The minimum Gasteiger partial charge on any atom is -0.492 e. The van der Waals surface area contributed by atoms with Crippen molar-refractivity contribution in [2.75, 3.05) is 26.7 Å². The fraction of sp³-hybridized carbons (Fsp3) is 0.500. The van der Waals surface area contributed by atoms with Gasteiger partial charge in [0.2, 0.25) is 0 Å². The van der Waals surface area contributed by atoms with E-state index in [0.717, 1.165) is 14.2 Å². The number of aromatic nitrogens is 2. The van der Waals surface area contributed by atoms with Gasteiger partial charge in [0.25, 0.3) is 10.2 Å². The van der Waals surface area contributed by atoms with Gasteiger partial charge in [0.1, 0.15) is 22.6 Å². The van der Waals surface area contributed by atoms with E-state index in [1.807, 2.05) is 12.1 Å². The van der Waals surface area contributed by atoms with Crippen LogP contribution in [0.1, 0.15) is 42.0 Å². The SMILES string of the molecule is COc1c(C2CCCN(S(=O)(=O)N3CCC(O)C3)C2C(=O)O)n[nH]c1SCc1ccc(C(=N)N)cc1. The van der Waals surface area contributed by atoms with E-state index in [2.05, 4.69) is 10.2 Å². The molecule has 1 aromatic heterocycles. The number of thioether (sulfide) groups is 1. The van der Waals surface area contributed by atoms with Crippen LogP contribution in [0.3, 0.4) is 0 Å². The van der Waals surface area contributed by atoms with Crippen LogP contribution in [0.5, 0.6) is 5.75 Å². The van der Waals surface area contributed by atoms with Gasteiger partial charge in [0.05, 0.1) is 13.2 Å². The molecule has 1 aromatic carbocycles. The Balaban J connectivity index is 1.57. The fourth-order valence-electron chi connectivity index (χ4n) is 4.68. The first-order valence-corrected chi connectivity index (χ1v) is 13.9. The van der Waals surface area contributed by atoms with Crippen LogP contribution in [-0.2, 0) is 20.8 Å². The van der Waals surface area contributed by atoms with Gasteiger partial charge in [-0.15, -0.1) is 0 Å². The Labute approximate surface area is 213 Å². The van der Waals surface area contributed by atoms with E-state index in [1.54, 1.807) is 12.1 Å². The number of H-pyrrole nitrogens is 1. The maximum Gasteiger partial charge on any atom is 0.322 e. The molecular weight excluding hydrogens is 508 g/mol. The number of amidine groups is 1. The molecule has 2 aromatic rings. The van der Waals surface area contributed by atoms with Crippen LogP contribution < -0.4 is 10.5 Å². The number of piperidine rings is 1. The number of aliphatic carboxylic acids is 1. The number of rotatable bonds is 9. The number of nitrogens with zero attached hydrogens (tertiary/aromatic N) is 3. The second-order valence-corrected chi connectivity index (χ2v) is 11.7. The summed E-state index contributed by atoms with van der Waals surface area (Å²) < 4.78 is 34.4. The van der Waals surface area contributed by atoms with Crippen molar-refractivity contribution in [3.8, 4) is 5.75 Å². The van der Waals surface area contributed by atoms with Crippen LogP contribution in [0.2, 0.25) is 0 Å². The van der Waals surface area contributed by atoms with Gasteiger partial charge in [0.15, 0.2) is 5.75 Å². The number of aliphatic hydroxyl groups excluding tert-OH is 1. The first kappa shape index (κ1) is 26.4. The summed E-state index contributed by atoms with van der Waals surface area (Å²) in [6.07, 6.45) is 0.460. The third-order valence-corrected chi connectivity index (χ3v) is 9.54. The van der Waals surface area contributed by atoms with Crippen molar-refractivity contribution in [2.24, 2.45) is 5.73 Å². The molecule has 0 saturated carbocycles. The van der Waals surface area contributed by atoms with Crippen molar-refractivity contribution in [3.63, 3.8) is 0 Å². The molecule has 14 heteroatoms. The number of hydrogen-bond acceptors (Lipinski definition) is 8. The number of nitrogens with one attached hydrogen (secondary N) is 2. The minimum atomic E-state index is -4.08. The third kappa shape index (κ3) is 5.22. The number of methoxy groups -OCH3 is 1. The number of carbonyl (C=O) groups is 1. The van der Waals surface area contributed by atoms with Gasteiger partial charge in [-0.1, -0.05) is 36.0 Å². The van der Waals surface area contributed by atoms with Crippen LogP contribution in [0, 0.1) is 5.41 Å². The van der Waals surface area contributed by atoms with Gasteiger partial charge in [0, 0.05) is 36.9 Å².